The number of amides is 2. The SMILES string of the molecule is CCN(CC)C(=O)CO[C@H]1CN(Cc2ccc(C)o2)CC(=O)N(CCc2ccccc2)C1. The number of nitrogens with zero attached hydrogens (tertiary/aromatic N) is 3. The summed E-state index contributed by atoms with van der Waals surface area (Å²) in [5.41, 5.74) is 1.20. The zero-order valence-electron chi connectivity index (χ0n) is 19.5. The molecule has 1 aliphatic rings. The van der Waals surface area contributed by atoms with Crippen molar-refractivity contribution in [1.29, 1.82) is 0 Å². The van der Waals surface area contributed by atoms with Gasteiger partial charge in [0.1, 0.15) is 18.1 Å². The molecule has 0 N–H and O–H groups in total. The van der Waals surface area contributed by atoms with Gasteiger partial charge in [-0.05, 0) is 44.9 Å². The molecular formula is C25H35N3O4. The summed E-state index contributed by atoms with van der Waals surface area (Å²) in [6.45, 7) is 9.70. The monoisotopic (exact) mass is 441 g/mol. The molecule has 0 aliphatic carbocycles. The average Bonchev–Trinajstić information content (AvgIpc) is 3.13. The highest BCUT2D eigenvalue weighted by Crippen LogP contribution is 2.15. The summed E-state index contributed by atoms with van der Waals surface area (Å²) in [5, 5.41) is 0. The van der Waals surface area contributed by atoms with Crippen LogP contribution < -0.4 is 0 Å². The molecule has 3 rings (SSSR count). The molecule has 0 bridgehead atoms. The Bertz CT molecular complexity index is 863. The number of likely N-dealkylation sites (N-methyl/N-ethyl adjacent to an activating group) is 1. The Kier molecular flexibility index (Phi) is 8.88. The number of rotatable bonds is 10. The molecule has 1 saturated heterocycles. The van der Waals surface area contributed by atoms with Crippen molar-refractivity contribution in [2.75, 3.05) is 45.9 Å². The fourth-order valence-corrected chi connectivity index (χ4v) is 4.05. The van der Waals surface area contributed by atoms with Crippen molar-refractivity contribution < 1.29 is 18.7 Å². The van der Waals surface area contributed by atoms with Gasteiger partial charge in [0.2, 0.25) is 11.8 Å². The Balaban J connectivity index is 1.67. The summed E-state index contributed by atoms with van der Waals surface area (Å²) in [6, 6.07) is 14.0. The maximum Gasteiger partial charge on any atom is 0.248 e. The molecule has 0 spiro atoms. The van der Waals surface area contributed by atoms with Crippen molar-refractivity contribution in [2.45, 2.75) is 39.8 Å². The second-order valence-corrected chi connectivity index (χ2v) is 8.26. The molecule has 2 heterocycles. The van der Waals surface area contributed by atoms with Crippen molar-refractivity contribution in [3.05, 3.63) is 59.5 Å². The summed E-state index contributed by atoms with van der Waals surface area (Å²) in [7, 11) is 0. The smallest absolute Gasteiger partial charge is 0.248 e. The third-order valence-electron chi connectivity index (χ3n) is 5.84. The first kappa shape index (κ1) is 24.0. The molecule has 32 heavy (non-hydrogen) atoms. The fraction of sp³-hybridized carbons (Fsp3) is 0.520. The summed E-state index contributed by atoms with van der Waals surface area (Å²) < 4.78 is 11.8. The van der Waals surface area contributed by atoms with E-state index in [0.717, 1.165) is 17.9 Å². The van der Waals surface area contributed by atoms with E-state index < -0.39 is 0 Å². The van der Waals surface area contributed by atoms with Gasteiger partial charge in [0.05, 0.1) is 19.2 Å². The van der Waals surface area contributed by atoms with E-state index in [1.807, 2.05) is 56.0 Å². The molecule has 0 saturated carbocycles. The van der Waals surface area contributed by atoms with Crippen LogP contribution in [0.4, 0.5) is 0 Å². The van der Waals surface area contributed by atoms with E-state index in [0.29, 0.717) is 45.8 Å². The van der Waals surface area contributed by atoms with E-state index in [2.05, 4.69) is 17.0 Å². The molecule has 1 fully saturated rings. The Morgan fingerprint density at radius 1 is 1.12 bits per heavy atom. The van der Waals surface area contributed by atoms with Gasteiger partial charge in [0.25, 0.3) is 0 Å². The largest absolute Gasteiger partial charge is 0.465 e. The highest BCUT2D eigenvalue weighted by atomic mass is 16.5. The molecule has 1 aromatic heterocycles. The Labute approximate surface area is 190 Å². The predicted molar refractivity (Wildman–Crippen MR) is 123 cm³/mol. The number of hydrogen-bond donors (Lipinski definition) is 0. The van der Waals surface area contributed by atoms with Crippen LogP contribution >= 0.6 is 0 Å². The van der Waals surface area contributed by atoms with Crippen LogP contribution in [0.1, 0.15) is 30.9 Å². The molecule has 7 nitrogen and oxygen atoms in total. The first-order valence-electron chi connectivity index (χ1n) is 11.5. The summed E-state index contributed by atoms with van der Waals surface area (Å²) in [6.07, 6.45) is 0.544. The summed E-state index contributed by atoms with van der Waals surface area (Å²) >= 11 is 0. The fourth-order valence-electron chi connectivity index (χ4n) is 4.05. The first-order chi connectivity index (χ1) is 15.5. The molecule has 7 heteroatoms. The highest BCUT2D eigenvalue weighted by molar-refractivity contribution is 5.79. The van der Waals surface area contributed by atoms with Gasteiger partial charge in [0.15, 0.2) is 0 Å². The molecule has 2 aromatic rings. The van der Waals surface area contributed by atoms with Crippen LogP contribution in [0.25, 0.3) is 0 Å². The quantitative estimate of drug-likeness (QED) is 0.567. The number of furan rings is 1. The molecule has 0 radical (unpaired) electrons. The minimum atomic E-state index is -0.243. The van der Waals surface area contributed by atoms with Crippen molar-refractivity contribution in [3.8, 4) is 0 Å². The van der Waals surface area contributed by atoms with Gasteiger partial charge < -0.3 is 19.0 Å². The Morgan fingerprint density at radius 3 is 2.53 bits per heavy atom. The van der Waals surface area contributed by atoms with E-state index in [1.165, 1.54) is 5.56 Å². The van der Waals surface area contributed by atoms with Crippen molar-refractivity contribution >= 4 is 11.8 Å². The van der Waals surface area contributed by atoms with Gasteiger partial charge in [-0.1, -0.05) is 30.3 Å². The van der Waals surface area contributed by atoms with E-state index in [9.17, 15) is 9.59 Å². The van der Waals surface area contributed by atoms with Crippen LogP contribution in [0.2, 0.25) is 0 Å². The molecule has 1 aliphatic heterocycles. The maximum atomic E-state index is 13.0. The second-order valence-electron chi connectivity index (χ2n) is 8.26. The van der Waals surface area contributed by atoms with E-state index >= 15 is 0 Å². The standard InChI is InChI=1S/C25H35N3O4/c1-4-27(5-2)25(30)19-31-23-16-26(15-22-12-11-20(3)32-22)18-24(29)28(17-23)14-13-21-9-7-6-8-10-21/h6-12,23H,4-5,13-19H2,1-3H3/t23-/m0/s1. The van der Waals surface area contributed by atoms with Gasteiger partial charge in [-0.15, -0.1) is 0 Å². The normalized spacial score (nSPS) is 17.4. The number of ether oxygens (including phenoxy) is 1. The lowest BCUT2D eigenvalue weighted by atomic mass is 10.1. The molecule has 174 valence electrons. The first-order valence-corrected chi connectivity index (χ1v) is 11.5. The lowest BCUT2D eigenvalue weighted by Crippen LogP contribution is -2.41. The van der Waals surface area contributed by atoms with Gasteiger partial charge in [-0.2, -0.15) is 0 Å². The lowest BCUT2D eigenvalue weighted by molar-refractivity contribution is -0.138. The van der Waals surface area contributed by atoms with Gasteiger partial charge in [-0.3, -0.25) is 14.5 Å². The van der Waals surface area contributed by atoms with E-state index in [1.54, 1.807) is 4.90 Å². The summed E-state index contributed by atoms with van der Waals surface area (Å²) in [5.74, 6) is 1.73. The van der Waals surface area contributed by atoms with Crippen LogP contribution in [0, 0.1) is 6.92 Å². The van der Waals surface area contributed by atoms with Crippen molar-refractivity contribution in [2.24, 2.45) is 0 Å². The van der Waals surface area contributed by atoms with Gasteiger partial charge >= 0.3 is 0 Å². The van der Waals surface area contributed by atoms with E-state index in [4.69, 9.17) is 9.15 Å². The topological polar surface area (TPSA) is 66.2 Å². The van der Waals surface area contributed by atoms with Crippen LogP contribution in [0.3, 0.4) is 0 Å². The lowest BCUT2D eigenvalue weighted by Gasteiger charge is -2.26. The second kappa shape index (κ2) is 11.8. The van der Waals surface area contributed by atoms with Crippen LogP contribution in [-0.4, -0.2) is 78.5 Å². The minimum absolute atomic E-state index is 0.0189. The number of aryl methyl sites for hydroxylation is 1. The molecule has 2 amide bonds. The number of benzene rings is 1. The number of carbonyl (C=O) groups is 2. The Hall–Kier alpha value is -2.64. The average molecular weight is 442 g/mol. The van der Waals surface area contributed by atoms with Crippen molar-refractivity contribution in [3.63, 3.8) is 0 Å². The van der Waals surface area contributed by atoms with Crippen LogP contribution in [-0.2, 0) is 27.3 Å². The highest BCUT2D eigenvalue weighted by Gasteiger charge is 2.29. The third-order valence-corrected chi connectivity index (χ3v) is 5.84. The molecule has 1 aromatic carbocycles. The maximum absolute atomic E-state index is 13.0. The summed E-state index contributed by atoms with van der Waals surface area (Å²) in [4.78, 5) is 31.2. The molecular weight excluding hydrogens is 406 g/mol. The Morgan fingerprint density at radius 2 is 1.88 bits per heavy atom. The minimum Gasteiger partial charge on any atom is -0.465 e. The predicted octanol–water partition coefficient (Wildman–Crippen LogP) is 2.73. The third kappa shape index (κ3) is 6.93. The number of carbonyl (C=O) groups excluding carboxylic acids is 2. The van der Waals surface area contributed by atoms with Crippen molar-refractivity contribution in [1.82, 2.24) is 14.7 Å². The zero-order valence-corrected chi connectivity index (χ0v) is 19.5. The molecule has 0 unspecified atom stereocenters. The number of hydrogen-bond acceptors (Lipinski definition) is 5. The van der Waals surface area contributed by atoms with Crippen LogP contribution in [0.5, 0.6) is 0 Å². The van der Waals surface area contributed by atoms with Gasteiger partial charge in [-0.25, -0.2) is 0 Å². The zero-order chi connectivity index (χ0) is 22.9. The van der Waals surface area contributed by atoms with Crippen LogP contribution in [0.15, 0.2) is 46.9 Å². The van der Waals surface area contributed by atoms with Gasteiger partial charge in [0, 0.05) is 32.7 Å². The van der Waals surface area contributed by atoms with E-state index in [-0.39, 0.29) is 24.5 Å². The molecule has 1 atom stereocenters.